The Labute approximate surface area is 113 Å². The molecule has 0 amide bonds. The van der Waals surface area contributed by atoms with E-state index in [1.54, 1.807) is 0 Å². The lowest BCUT2D eigenvalue weighted by molar-refractivity contribution is -0.142. The highest BCUT2D eigenvalue weighted by Gasteiger charge is 2.40. The predicted octanol–water partition coefficient (Wildman–Crippen LogP) is 1.49. The fraction of sp³-hybridized carbons (Fsp3) is 0.714. The molecule has 1 aromatic rings. The van der Waals surface area contributed by atoms with E-state index < -0.39 is 0 Å². The molecule has 0 aromatic carbocycles. The SMILES string of the molecule is Cc1nn(C)c(C)c1[C@H]1CCCN1[C@@H]1CCOC1=O. The topological polar surface area (TPSA) is 47.4 Å². The lowest BCUT2D eigenvalue weighted by atomic mass is 10.0. The van der Waals surface area contributed by atoms with Crippen LogP contribution in [-0.4, -0.2) is 39.8 Å². The van der Waals surface area contributed by atoms with E-state index in [1.807, 2.05) is 11.7 Å². The Hall–Kier alpha value is -1.36. The highest BCUT2D eigenvalue weighted by molar-refractivity contribution is 5.77. The Morgan fingerprint density at radius 2 is 2.05 bits per heavy atom. The number of rotatable bonds is 2. The molecule has 2 saturated heterocycles. The summed E-state index contributed by atoms with van der Waals surface area (Å²) in [4.78, 5) is 14.2. The highest BCUT2D eigenvalue weighted by Crippen LogP contribution is 2.38. The molecule has 5 heteroatoms. The van der Waals surface area contributed by atoms with E-state index in [0.717, 1.165) is 31.5 Å². The summed E-state index contributed by atoms with van der Waals surface area (Å²) in [5.74, 6) is -0.0499. The van der Waals surface area contributed by atoms with Crippen LogP contribution in [0.25, 0.3) is 0 Å². The van der Waals surface area contributed by atoms with Crippen LogP contribution in [-0.2, 0) is 16.6 Å². The Balaban J connectivity index is 1.93. The van der Waals surface area contributed by atoms with E-state index in [1.165, 1.54) is 11.3 Å². The van der Waals surface area contributed by atoms with Gasteiger partial charge in [0.05, 0.1) is 12.3 Å². The molecule has 0 unspecified atom stereocenters. The number of hydrogen-bond donors (Lipinski definition) is 0. The van der Waals surface area contributed by atoms with Crippen molar-refractivity contribution in [1.29, 1.82) is 0 Å². The van der Waals surface area contributed by atoms with Gasteiger partial charge in [0.25, 0.3) is 0 Å². The zero-order chi connectivity index (χ0) is 13.6. The van der Waals surface area contributed by atoms with Crippen LogP contribution in [0.5, 0.6) is 0 Å². The highest BCUT2D eigenvalue weighted by atomic mass is 16.5. The molecule has 104 valence electrons. The molecular weight excluding hydrogens is 242 g/mol. The van der Waals surface area contributed by atoms with Gasteiger partial charge in [0.1, 0.15) is 6.04 Å². The number of likely N-dealkylation sites (tertiary alicyclic amines) is 1. The molecular formula is C14H21N3O2. The first kappa shape index (κ1) is 12.7. The average Bonchev–Trinajstić information content (AvgIpc) is 3.02. The quantitative estimate of drug-likeness (QED) is 0.758. The maximum Gasteiger partial charge on any atom is 0.323 e. The van der Waals surface area contributed by atoms with E-state index in [2.05, 4.69) is 23.8 Å². The third kappa shape index (κ3) is 1.96. The zero-order valence-electron chi connectivity index (χ0n) is 11.8. The number of nitrogens with zero attached hydrogens (tertiary/aromatic N) is 3. The second-order valence-electron chi connectivity index (χ2n) is 5.58. The van der Waals surface area contributed by atoms with E-state index in [9.17, 15) is 4.79 Å². The zero-order valence-corrected chi connectivity index (χ0v) is 11.8. The van der Waals surface area contributed by atoms with Crippen LogP contribution in [0.2, 0.25) is 0 Å². The van der Waals surface area contributed by atoms with Gasteiger partial charge in [-0.15, -0.1) is 0 Å². The number of hydrogen-bond acceptors (Lipinski definition) is 4. The first-order chi connectivity index (χ1) is 9.09. The predicted molar refractivity (Wildman–Crippen MR) is 70.7 cm³/mol. The maximum absolute atomic E-state index is 11.8. The van der Waals surface area contributed by atoms with Gasteiger partial charge in [-0.05, 0) is 33.2 Å². The molecule has 2 fully saturated rings. The summed E-state index contributed by atoms with van der Waals surface area (Å²) in [6.07, 6.45) is 3.08. The lowest BCUT2D eigenvalue weighted by Gasteiger charge is -2.28. The fourth-order valence-electron chi connectivity index (χ4n) is 3.53. The standard InChI is InChI=1S/C14H21N3O2/c1-9-13(10(2)16(3)15-9)11-5-4-7-17(11)12-6-8-19-14(12)18/h11-12H,4-8H2,1-3H3/t11-,12-/m1/s1. The van der Waals surface area contributed by atoms with Crippen molar-refractivity contribution in [2.75, 3.05) is 13.2 Å². The molecule has 0 spiro atoms. The third-order valence-corrected chi connectivity index (χ3v) is 4.50. The van der Waals surface area contributed by atoms with Gasteiger partial charge >= 0.3 is 5.97 Å². The van der Waals surface area contributed by atoms with Crippen LogP contribution in [0.15, 0.2) is 0 Å². The molecule has 0 aliphatic carbocycles. The Morgan fingerprint density at radius 1 is 1.26 bits per heavy atom. The monoisotopic (exact) mass is 263 g/mol. The number of esters is 1. The van der Waals surface area contributed by atoms with Crippen molar-refractivity contribution in [3.63, 3.8) is 0 Å². The van der Waals surface area contributed by atoms with E-state index in [-0.39, 0.29) is 12.0 Å². The van der Waals surface area contributed by atoms with Gasteiger partial charge in [0.15, 0.2) is 0 Å². The molecule has 0 radical (unpaired) electrons. The number of ether oxygens (including phenoxy) is 1. The Morgan fingerprint density at radius 3 is 2.63 bits per heavy atom. The van der Waals surface area contributed by atoms with E-state index in [4.69, 9.17) is 4.74 Å². The number of carbonyl (C=O) groups is 1. The summed E-state index contributed by atoms with van der Waals surface area (Å²) in [5.41, 5.74) is 3.60. The van der Waals surface area contributed by atoms with Gasteiger partial charge in [0, 0.05) is 30.8 Å². The van der Waals surface area contributed by atoms with Crippen molar-refractivity contribution < 1.29 is 9.53 Å². The first-order valence-electron chi connectivity index (χ1n) is 7.02. The minimum atomic E-state index is -0.0499. The van der Waals surface area contributed by atoms with Crippen molar-refractivity contribution in [2.45, 2.75) is 45.2 Å². The summed E-state index contributed by atoms with van der Waals surface area (Å²) in [6.45, 7) is 5.72. The van der Waals surface area contributed by atoms with Gasteiger partial charge < -0.3 is 4.74 Å². The van der Waals surface area contributed by atoms with Crippen LogP contribution >= 0.6 is 0 Å². The van der Waals surface area contributed by atoms with Crippen LogP contribution < -0.4 is 0 Å². The molecule has 0 saturated carbocycles. The van der Waals surface area contributed by atoms with Crippen molar-refractivity contribution in [2.24, 2.45) is 7.05 Å². The Bertz CT molecular complexity index is 509. The van der Waals surface area contributed by atoms with Crippen LogP contribution in [0.1, 0.15) is 42.3 Å². The lowest BCUT2D eigenvalue weighted by Crippen LogP contribution is -2.38. The Kier molecular flexibility index (Phi) is 3.09. The molecule has 3 rings (SSSR count). The number of carbonyl (C=O) groups excluding carboxylic acids is 1. The van der Waals surface area contributed by atoms with E-state index >= 15 is 0 Å². The normalized spacial score (nSPS) is 28.1. The minimum Gasteiger partial charge on any atom is -0.464 e. The second kappa shape index (κ2) is 4.63. The van der Waals surface area contributed by atoms with Crippen molar-refractivity contribution >= 4 is 5.97 Å². The fourth-order valence-corrected chi connectivity index (χ4v) is 3.53. The average molecular weight is 263 g/mol. The number of cyclic esters (lactones) is 1. The van der Waals surface area contributed by atoms with Crippen molar-refractivity contribution in [1.82, 2.24) is 14.7 Å². The minimum absolute atomic E-state index is 0.0495. The molecule has 19 heavy (non-hydrogen) atoms. The summed E-state index contributed by atoms with van der Waals surface area (Å²) in [7, 11) is 1.98. The molecule has 1 aromatic heterocycles. The van der Waals surface area contributed by atoms with Crippen LogP contribution in [0.3, 0.4) is 0 Å². The molecule has 0 bridgehead atoms. The summed E-state index contributed by atoms with van der Waals surface area (Å²) >= 11 is 0. The van der Waals surface area contributed by atoms with Gasteiger partial charge in [-0.1, -0.05) is 0 Å². The van der Waals surface area contributed by atoms with Gasteiger partial charge in [0.2, 0.25) is 0 Å². The van der Waals surface area contributed by atoms with Gasteiger partial charge in [-0.3, -0.25) is 14.4 Å². The van der Waals surface area contributed by atoms with Crippen molar-refractivity contribution in [3.05, 3.63) is 17.0 Å². The summed E-state index contributed by atoms with van der Waals surface area (Å²) < 4.78 is 7.06. The molecule has 2 aliphatic rings. The first-order valence-corrected chi connectivity index (χ1v) is 7.02. The van der Waals surface area contributed by atoms with Gasteiger partial charge in [-0.2, -0.15) is 5.10 Å². The van der Waals surface area contributed by atoms with E-state index in [0.29, 0.717) is 12.6 Å². The molecule has 3 heterocycles. The molecule has 2 aliphatic heterocycles. The summed E-state index contributed by atoms with van der Waals surface area (Å²) in [6, 6.07) is 0.274. The molecule has 5 nitrogen and oxygen atoms in total. The second-order valence-corrected chi connectivity index (χ2v) is 5.58. The van der Waals surface area contributed by atoms with Crippen molar-refractivity contribution in [3.8, 4) is 0 Å². The third-order valence-electron chi connectivity index (χ3n) is 4.50. The molecule has 0 N–H and O–H groups in total. The van der Waals surface area contributed by atoms with Crippen LogP contribution in [0, 0.1) is 13.8 Å². The summed E-state index contributed by atoms with van der Waals surface area (Å²) in [5, 5.41) is 4.51. The number of aryl methyl sites for hydroxylation is 2. The maximum atomic E-state index is 11.8. The smallest absolute Gasteiger partial charge is 0.323 e. The largest absolute Gasteiger partial charge is 0.464 e. The van der Waals surface area contributed by atoms with Gasteiger partial charge in [-0.25, -0.2) is 0 Å². The number of aromatic nitrogens is 2. The molecule has 2 atom stereocenters. The van der Waals surface area contributed by atoms with Crippen LogP contribution in [0.4, 0.5) is 0 Å².